The van der Waals surface area contributed by atoms with Gasteiger partial charge in [0.25, 0.3) is 0 Å². The van der Waals surface area contributed by atoms with E-state index in [1.54, 1.807) is 46.1 Å². The lowest BCUT2D eigenvalue weighted by atomic mass is 9.67. The van der Waals surface area contributed by atoms with Crippen molar-refractivity contribution in [2.45, 2.75) is 45.2 Å². The average Bonchev–Trinajstić information content (AvgIpc) is 3.08. The average molecular weight is 430 g/mol. The summed E-state index contributed by atoms with van der Waals surface area (Å²) in [6.45, 7) is 5.28. The Balaban J connectivity index is 1.72. The molecule has 2 aromatic rings. The molecule has 2 heterocycles. The summed E-state index contributed by atoms with van der Waals surface area (Å²) in [5, 5.41) is 4.07. The van der Waals surface area contributed by atoms with Gasteiger partial charge in [0.05, 0.1) is 22.2 Å². The Kier molecular flexibility index (Phi) is 4.77. The van der Waals surface area contributed by atoms with Crippen LogP contribution in [-0.4, -0.2) is 28.8 Å². The first-order valence-electron chi connectivity index (χ1n) is 9.89. The molecule has 1 aliphatic heterocycles. The number of anilines is 1. The maximum atomic E-state index is 15.0. The molecule has 0 bridgehead atoms. The first kappa shape index (κ1) is 20.6. The molecule has 0 saturated heterocycles. The molecule has 1 aliphatic carbocycles. The zero-order valence-corrected chi connectivity index (χ0v) is 18.2. The van der Waals surface area contributed by atoms with Crippen molar-refractivity contribution in [3.63, 3.8) is 0 Å². The topological polar surface area (TPSA) is 83.6 Å². The number of guanidine groups is 1. The molecule has 158 valence electrons. The van der Waals surface area contributed by atoms with Crippen LogP contribution in [0.5, 0.6) is 0 Å². The second-order valence-electron chi connectivity index (χ2n) is 8.66. The third kappa shape index (κ3) is 3.03. The highest BCUT2D eigenvalue weighted by Crippen LogP contribution is 2.48. The van der Waals surface area contributed by atoms with Crippen LogP contribution in [0.4, 0.5) is 10.1 Å². The van der Waals surface area contributed by atoms with Crippen molar-refractivity contribution in [3.05, 3.63) is 58.1 Å². The fourth-order valence-electron chi connectivity index (χ4n) is 4.34. The molecule has 0 saturated carbocycles. The minimum atomic E-state index is -1.15. The molecule has 0 spiro atoms. The van der Waals surface area contributed by atoms with Crippen LogP contribution >= 0.6 is 11.6 Å². The van der Waals surface area contributed by atoms with E-state index in [0.717, 1.165) is 29.8 Å². The minimum Gasteiger partial charge on any atom is -0.377 e. The van der Waals surface area contributed by atoms with E-state index in [2.05, 4.69) is 15.3 Å². The van der Waals surface area contributed by atoms with Crippen molar-refractivity contribution in [2.24, 2.45) is 16.1 Å². The van der Waals surface area contributed by atoms with Gasteiger partial charge < -0.3 is 11.1 Å². The number of aromatic nitrogens is 1. The number of aliphatic imine (C=N–C) groups is 1. The van der Waals surface area contributed by atoms with Crippen molar-refractivity contribution in [3.8, 4) is 0 Å². The first-order chi connectivity index (χ1) is 14.0. The summed E-state index contributed by atoms with van der Waals surface area (Å²) < 4.78 is 15.0. The van der Waals surface area contributed by atoms with Gasteiger partial charge >= 0.3 is 0 Å². The van der Waals surface area contributed by atoms with Gasteiger partial charge in [-0.05, 0) is 63.4 Å². The maximum Gasteiger partial charge on any atom is 0.237 e. The monoisotopic (exact) mass is 429 g/mol. The highest BCUT2D eigenvalue weighted by atomic mass is 35.5. The SMILES string of the molecule is CN1C(=O)C(C)(C)C(C)(c2cc(NC3CCc4cc(Cl)cnc43)ccc2F)N=C1N. The Hall–Kier alpha value is -2.67. The van der Waals surface area contributed by atoms with Gasteiger partial charge in [-0.25, -0.2) is 9.38 Å². The fraction of sp³-hybridized carbons (Fsp3) is 0.409. The molecule has 2 unspecified atom stereocenters. The number of nitrogens with zero attached hydrogens (tertiary/aromatic N) is 3. The molecule has 2 atom stereocenters. The minimum absolute atomic E-state index is 0.00378. The number of halogens is 2. The zero-order chi connectivity index (χ0) is 21.8. The van der Waals surface area contributed by atoms with Gasteiger partial charge in [-0.15, -0.1) is 0 Å². The molecule has 3 N–H and O–H groups in total. The molecule has 0 fully saturated rings. The zero-order valence-electron chi connectivity index (χ0n) is 17.5. The number of nitrogens with two attached hydrogens (primary N) is 1. The number of hydrogen-bond donors (Lipinski definition) is 2. The van der Waals surface area contributed by atoms with E-state index in [1.165, 1.54) is 11.0 Å². The Labute approximate surface area is 180 Å². The van der Waals surface area contributed by atoms with Gasteiger partial charge in [-0.3, -0.25) is 14.7 Å². The molecule has 4 rings (SSSR count). The van der Waals surface area contributed by atoms with Crippen molar-refractivity contribution in [2.75, 3.05) is 12.4 Å². The highest BCUT2D eigenvalue weighted by molar-refractivity contribution is 6.30. The number of fused-ring (bicyclic) bond motifs is 1. The van der Waals surface area contributed by atoms with Crippen LogP contribution in [0.1, 0.15) is 50.1 Å². The lowest BCUT2D eigenvalue weighted by Gasteiger charge is -2.46. The van der Waals surface area contributed by atoms with Crippen molar-refractivity contribution in [1.29, 1.82) is 0 Å². The normalized spacial score (nSPS) is 25.1. The third-order valence-corrected chi connectivity index (χ3v) is 6.78. The summed E-state index contributed by atoms with van der Waals surface area (Å²) in [4.78, 5) is 23.2. The van der Waals surface area contributed by atoms with Gasteiger partial charge in [-0.1, -0.05) is 11.6 Å². The molecule has 2 aliphatic rings. The summed E-state index contributed by atoms with van der Waals surface area (Å²) in [5.74, 6) is -0.562. The van der Waals surface area contributed by atoms with Gasteiger partial charge in [0, 0.05) is 24.5 Å². The summed E-state index contributed by atoms with van der Waals surface area (Å²) >= 11 is 6.05. The number of benzene rings is 1. The first-order valence-corrected chi connectivity index (χ1v) is 10.3. The molecule has 8 heteroatoms. The number of pyridine rings is 1. The molecular weight excluding hydrogens is 405 g/mol. The Bertz CT molecular complexity index is 1070. The second-order valence-corrected chi connectivity index (χ2v) is 9.10. The molecule has 0 radical (unpaired) electrons. The van der Waals surface area contributed by atoms with Crippen LogP contribution in [0.3, 0.4) is 0 Å². The molecule has 1 aromatic heterocycles. The lowest BCUT2D eigenvalue weighted by molar-refractivity contribution is -0.140. The molecule has 6 nitrogen and oxygen atoms in total. The standard InChI is InChI=1S/C22H25ClFN5O/c1-21(2)19(30)29(4)20(25)28-22(21,3)15-10-14(6-7-16(15)24)27-17-8-5-12-9-13(23)11-26-18(12)17/h6-7,9-11,17,27H,5,8H2,1-4H3,(H2,25,28). The van der Waals surface area contributed by atoms with E-state index < -0.39 is 16.8 Å². The number of rotatable bonds is 3. The summed E-state index contributed by atoms with van der Waals surface area (Å²) in [6, 6.07) is 6.75. The van der Waals surface area contributed by atoms with Crippen LogP contribution in [0, 0.1) is 11.2 Å². The van der Waals surface area contributed by atoms with Gasteiger partial charge in [-0.2, -0.15) is 0 Å². The molecule has 1 amide bonds. The molecular formula is C22H25ClFN5O. The van der Waals surface area contributed by atoms with Gasteiger partial charge in [0.2, 0.25) is 5.91 Å². The summed E-state index contributed by atoms with van der Waals surface area (Å²) in [5.41, 5.74) is 6.98. The fourth-order valence-corrected chi connectivity index (χ4v) is 4.52. The predicted molar refractivity (Wildman–Crippen MR) is 116 cm³/mol. The van der Waals surface area contributed by atoms with E-state index in [-0.39, 0.29) is 17.9 Å². The maximum absolute atomic E-state index is 15.0. The quantitative estimate of drug-likeness (QED) is 0.772. The van der Waals surface area contributed by atoms with Crippen molar-refractivity contribution in [1.82, 2.24) is 9.88 Å². The Morgan fingerprint density at radius 1 is 1.30 bits per heavy atom. The van der Waals surface area contributed by atoms with E-state index in [9.17, 15) is 4.79 Å². The van der Waals surface area contributed by atoms with Crippen molar-refractivity contribution >= 4 is 29.2 Å². The number of aryl methyl sites for hydroxylation is 1. The lowest BCUT2D eigenvalue weighted by Crippen LogP contribution is -2.58. The number of carbonyl (C=O) groups excluding carboxylic acids is 1. The van der Waals surface area contributed by atoms with E-state index in [1.807, 2.05) is 6.07 Å². The van der Waals surface area contributed by atoms with Crippen LogP contribution < -0.4 is 11.1 Å². The molecule has 1 aromatic carbocycles. The second kappa shape index (κ2) is 6.94. The number of nitrogens with one attached hydrogen (secondary N) is 1. The van der Waals surface area contributed by atoms with E-state index in [4.69, 9.17) is 17.3 Å². The predicted octanol–water partition coefficient (Wildman–Crippen LogP) is 4.00. The molecule has 30 heavy (non-hydrogen) atoms. The van der Waals surface area contributed by atoms with Crippen LogP contribution in [0.2, 0.25) is 5.02 Å². The van der Waals surface area contributed by atoms with Gasteiger partial charge in [0.1, 0.15) is 11.4 Å². The summed E-state index contributed by atoms with van der Waals surface area (Å²) in [6.07, 6.45) is 3.38. The van der Waals surface area contributed by atoms with Crippen LogP contribution in [-0.2, 0) is 16.8 Å². The Morgan fingerprint density at radius 2 is 2.03 bits per heavy atom. The van der Waals surface area contributed by atoms with Crippen molar-refractivity contribution < 1.29 is 9.18 Å². The van der Waals surface area contributed by atoms with E-state index >= 15 is 4.39 Å². The van der Waals surface area contributed by atoms with Crippen LogP contribution in [0.25, 0.3) is 0 Å². The number of carbonyl (C=O) groups is 1. The Morgan fingerprint density at radius 3 is 2.77 bits per heavy atom. The third-order valence-electron chi connectivity index (χ3n) is 6.57. The summed E-state index contributed by atoms with van der Waals surface area (Å²) in [7, 11) is 1.58. The van der Waals surface area contributed by atoms with Gasteiger partial charge in [0.15, 0.2) is 5.96 Å². The smallest absolute Gasteiger partial charge is 0.237 e. The number of amides is 1. The van der Waals surface area contributed by atoms with Crippen LogP contribution in [0.15, 0.2) is 35.5 Å². The largest absolute Gasteiger partial charge is 0.377 e. The highest BCUT2D eigenvalue weighted by Gasteiger charge is 2.53. The number of hydrogen-bond acceptors (Lipinski definition) is 5. The van der Waals surface area contributed by atoms with E-state index in [0.29, 0.717) is 10.6 Å².